The molecule has 4 aromatic rings. The van der Waals surface area contributed by atoms with E-state index in [-0.39, 0.29) is 18.6 Å². The number of likely N-dealkylation sites (tertiary alicyclic amines) is 1. The molecule has 0 radical (unpaired) electrons. The molecule has 1 fully saturated rings. The van der Waals surface area contributed by atoms with Crippen molar-refractivity contribution in [2.24, 2.45) is 5.92 Å². The molecule has 0 bridgehead atoms. The molecule has 2 aliphatic rings. The van der Waals surface area contributed by atoms with Crippen molar-refractivity contribution in [3.8, 4) is 22.8 Å². The van der Waals surface area contributed by atoms with E-state index in [2.05, 4.69) is 64.1 Å². The van der Waals surface area contributed by atoms with Gasteiger partial charge in [0.15, 0.2) is 11.5 Å². The molecule has 2 aliphatic heterocycles. The summed E-state index contributed by atoms with van der Waals surface area (Å²) in [5, 5.41) is 3.06. The van der Waals surface area contributed by atoms with Crippen molar-refractivity contribution >= 4 is 17.2 Å². The molecule has 1 amide bonds. The predicted molar refractivity (Wildman–Crippen MR) is 135 cm³/mol. The fraction of sp³-hybridized carbons (Fsp3) is 0.286. The van der Waals surface area contributed by atoms with Crippen LogP contribution in [-0.2, 0) is 11.3 Å². The maximum atomic E-state index is 12.9. The molecule has 2 aromatic carbocycles. The van der Waals surface area contributed by atoms with E-state index in [9.17, 15) is 4.79 Å². The standard InChI is InChI=1S/C28H28N4O3/c1-19-7-10-26-30-27(20-5-3-2-4-6-20)23(32(26)16-19)17-31-13-11-21(12-14-31)28(33)29-22-8-9-24-25(15-22)35-18-34-24/h2-10,15-16,21H,11-14,17-18H2,1H3,(H,29,33). The van der Waals surface area contributed by atoms with Crippen LogP contribution >= 0.6 is 0 Å². The smallest absolute Gasteiger partial charge is 0.231 e. The van der Waals surface area contributed by atoms with Gasteiger partial charge in [-0.3, -0.25) is 9.69 Å². The van der Waals surface area contributed by atoms with E-state index in [1.165, 1.54) is 11.3 Å². The monoisotopic (exact) mass is 468 g/mol. The van der Waals surface area contributed by atoms with Gasteiger partial charge >= 0.3 is 0 Å². The zero-order chi connectivity index (χ0) is 23.8. The Morgan fingerprint density at radius 2 is 1.83 bits per heavy atom. The van der Waals surface area contributed by atoms with Crippen molar-refractivity contribution in [1.82, 2.24) is 14.3 Å². The number of hydrogen-bond donors (Lipinski definition) is 1. The summed E-state index contributed by atoms with van der Waals surface area (Å²) in [6.07, 6.45) is 3.81. The first-order valence-electron chi connectivity index (χ1n) is 12.1. The van der Waals surface area contributed by atoms with Crippen molar-refractivity contribution in [2.75, 3.05) is 25.2 Å². The van der Waals surface area contributed by atoms with Crippen LogP contribution < -0.4 is 14.8 Å². The normalized spacial score (nSPS) is 16.0. The van der Waals surface area contributed by atoms with Gasteiger partial charge in [0.25, 0.3) is 0 Å². The third-order valence-electron chi connectivity index (χ3n) is 6.88. The summed E-state index contributed by atoms with van der Waals surface area (Å²) in [7, 11) is 0. The second-order valence-corrected chi connectivity index (χ2v) is 9.32. The number of amides is 1. The fourth-order valence-corrected chi connectivity index (χ4v) is 4.96. The van der Waals surface area contributed by atoms with Gasteiger partial charge in [-0.15, -0.1) is 0 Å². The SMILES string of the molecule is Cc1ccc2nc(-c3ccccc3)c(CN3CCC(C(=O)Nc4ccc5c(c4)OCO5)CC3)n2c1. The number of nitrogens with zero attached hydrogens (tertiary/aromatic N) is 3. The van der Waals surface area contributed by atoms with E-state index in [4.69, 9.17) is 14.5 Å². The lowest BCUT2D eigenvalue weighted by Crippen LogP contribution is -2.38. The Balaban J connectivity index is 1.15. The summed E-state index contributed by atoms with van der Waals surface area (Å²) in [4.78, 5) is 20.3. The first kappa shape index (κ1) is 21.7. The van der Waals surface area contributed by atoms with Gasteiger partial charge in [0.1, 0.15) is 5.65 Å². The van der Waals surface area contributed by atoms with E-state index in [0.717, 1.165) is 55.1 Å². The van der Waals surface area contributed by atoms with Crippen molar-refractivity contribution in [3.63, 3.8) is 0 Å². The highest BCUT2D eigenvalue weighted by Crippen LogP contribution is 2.34. The Morgan fingerprint density at radius 3 is 2.66 bits per heavy atom. The van der Waals surface area contributed by atoms with Gasteiger partial charge in [-0.25, -0.2) is 4.98 Å². The number of hydrogen-bond acceptors (Lipinski definition) is 5. The highest BCUT2D eigenvalue weighted by atomic mass is 16.7. The van der Waals surface area contributed by atoms with Crippen LogP contribution in [0.5, 0.6) is 11.5 Å². The molecule has 4 heterocycles. The second-order valence-electron chi connectivity index (χ2n) is 9.32. The molecule has 0 unspecified atom stereocenters. The zero-order valence-corrected chi connectivity index (χ0v) is 19.7. The van der Waals surface area contributed by atoms with Crippen LogP contribution in [0.2, 0.25) is 0 Å². The number of piperidine rings is 1. The number of carbonyl (C=O) groups excluding carboxylic acids is 1. The minimum Gasteiger partial charge on any atom is -0.454 e. The average Bonchev–Trinajstić information content (AvgIpc) is 3.49. The molecule has 1 saturated heterocycles. The van der Waals surface area contributed by atoms with Crippen LogP contribution in [0.3, 0.4) is 0 Å². The minimum absolute atomic E-state index is 0.00491. The van der Waals surface area contributed by atoms with Crippen LogP contribution in [0.4, 0.5) is 5.69 Å². The number of nitrogens with one attached hydrogen (secondary N) is 1. The topological polar surface area (TPSA) is 68.1 Å². The van der Waals surface area contributed by atoms with Gasteiger partial charge in [-0.1, -0.05) is 36.4 Å². The summed E-state index contributed by atoms with van der Waals surface area (Å²) in [6.45, 7) is 4.86. The predicted octanol–water partition coefficient (Wildman–Crippen LogP) is 4.89. The Morgan fingerprint density at radius 1 is 1.03 bits per heavy atom. The molecule has 2 aromatic heterocycles. The molecular weight excluding hydrogens is 440 g/mol. The molecule has 0 atom stereocenters. The maximum absolute atomic E-state index is 12.9. The van der Waals surface area contributed by atoms with Crippen molar-refractivity contribution in [1.29, 1.82) is 0 Å². The number of fused-ring (bicyclic) bond motifs is 2. The number of aromatic nitrogens is 2. The van der Waals surface area contributed by atoms with E-state index in [1.807, 2.05) is 24.3 Å². The Hall–Kier alpha value is -3.84. The third-order valence-corrected chi connectivity index (χ3v) is 6.88. The Bertz CT molecular complexity index is 1370. The van der Waals surface area contributed by atoms with Crippen molar-refractivity contribution < 1.29 is 14.3 Å². The van der Waals surface area contributed by atoms with Gasteiger partial charge in [0.2, 0.25) is 12.7 Å². The van der Waals surface area contributed by atoms with Gasteiger partial charge in [0.05, 0.1) is 11.4 Å². The first-order chi connectivity index (χ1) is 17.1. The van der Waals surface area contributed by atoms with Crippen molar-refractivity contribution in [3.05, 3.63) is 78.1 Å². The highest BCUT2D eigenvalue weighted by molar-refractivity contribution is 5.93. The summed E-state index contributed by atoms with van der Waals surface area (Å²) in [5.74, 6) is 1.46. The van der Waals surface area contributed by atoms with Gasteiger partial charge in [0, 0.05) is 36.0 Å². The first-order valence-corrected chi connectivity index (χ1v) is 12.1. The van der Waals surface area contributed by atoms with Gasteiger partial charge < -0.3 is 19.2 Å². The number of pyridine rings is 1. The van der Waals surface area contributed by atoms with Gasteiger partial charge in [-0.05, 0) is 56.6 Å². The number of benzene rings is 2. The molecule has 178 valence electrons. The molecule has 1 N–H and O–H groups in total. The summed E-state index contributed by atoms with van der Waals surface area (Å²) in [6, 6.07) is 20.1. The molecule has 0 aliphatic carbocycles. The van der Waals surface area contributed by atoms with Crippen LogP contribution in [0, 0.1) is 12.8 Å². The molecule has 0 saturated carbocycles. The van der Waals surface area contributed by atoms with E-state index >= 15 is 0 Å². The number of anilines is 1. The van der Waals surface area contributed by atoms with Crippen LogP contribution in [0.1, 0.15) is 24.1 Å². The molecule has 6 rings (SSSR count). The minimum atomic E-state index is -0.00491. The number of imidazole rings is 1. The number of ether oxygens (including phenoxy) is 2. The van der Waals surface area contributed by atoms with Crippen LogP contribution in [-0.4, -0.2) is 40.1 Å². The van der Waals surface area contributed by atoms with Crippen molar-refractivity contribution in [2.45, 2.75) is 26.3 Å². The lowest BCUT2D eigenvalue weighted by molar-refractivity contribution is -0.121. The molecular formula is C28H28N4O3. The Kier molecular flexibility index (Phi) is 5.62. The van der Waals surface area contributed by atoms with Crippen LogP contribution in [0.15, 0.2) is 66.9 Å². The van der Waals surface area contributed by atoms with E-state index in [0.29, 0.717) is 11.5 Å². The van der Waals surface area contributed by atoms with Gasteiger partial charge in [-0.2, -0.15) is 0 Å². The molecule has 7 heteroatoms. The molecule has 35 heavy (non-hydrogen) atoms. The fourth-order valence-electron chi connectivity index (χ4n) is 4.96. The van der Waals surface area contributed by atoms with E-state index in [1.54, 1.807) is 0 Å². The summed E-state index contributed by atoms with van der Waals surface area (Å²) < 4.78 is 13.0. The lowest BCUT2D eigenvalue weighted by Gasteiger charge is -2.31. The number of aryl methyl sites for hydroxylation is 1. The van der Waals surface area contributed by atoms with Crippen LogP contribution in [0.25, 0.3) is 16.9 Å². The quantitative estimate of drug-likeness (QED) is 0.452. The Labute approximate surface area is 204 Å². The third kappa shape index (κ3) is 4.35. The largest absolute Gasteiger partial charge is 0.454 e. The zero-order valence-electron chi connectivity index (χ0n) is 19.7. The number of rotatable bonds is 5. The molecule has 7 nitrogen and oxygen atoms in total. The van der Waals surface area contributed by atoms with E-state index < -0.39 is 0 Å². The molecule has 0 spiro atoms. The summed E-state index contributed by atoms with van der Waals surface area (Å²) >= 11 is 0. The average molecular weight is 469 g/mol. The highest BCUT2D eigenvalue weighted by Gasteiger charge is 2.27. The maximum Gasteiger partial charge on any atom is 0.231 e. The lowest BCUT2D eigenvalue weighted by atomic mass is 9.95. The summed E-state index contributed by atoms with van der Waals surface area (Å²) in [5.41, 5.74) is 6.26. The number of carbonyl (C=O) groups is 1. The second kappa shape index (κ2) is 9.07.